The fraction of sp³-hybridized carbons (Fsp3) is 0.400. The highest BCUT2D eigenvalue weighted by molar-refractivity contribution is 5.97. The van der Waals surface area contributed by atoms with Gasteiger partial charge in [-0.15, -0.1) is 0 Å². The summed E-state index contributed by atoms with van der Waals surface area (Å²) in [7, 11) is 0. The standard InChI is InChI=1S/C15H19NO2/c1-11(14(16)12-6-3-2-4-7-12)15(17)13-8-5-9-18-10-13/h2-4,6-7,10-11,14H,5,8-9,16H2,1H3. The van der Waals surface area contributed by atoms with Crippen molar-refractivity contribution >= 4 is 5.78 Å². The van der Waals surface area contributed by atoms with E-state index in [2.05, 4.69) is 0 Å². The molecule has 96 valence electrons. The highest BCUT2D eigenvalue weighted by Gasteiger charge is 2.25. The van der Waals surface area contributed by atoms with E-state index >= 15 is 0 Å². The third-order valence-electron chi connectivity index (χ3n) is 3.39. The molecule has 0 fully saturated rings. The van der Waals surface area contributed by atoms with E-state index in [9.17, 15) is 4.79 Å². The molecule has 1 heterocycles. The molecule has 2 unspecified atom stereocenters. The third-order valence-corrected chi connectivity index (χ3v) is 3.39. The summed E-state index contributed by atoms with van der Waals surface area (Å²) in [5.41, 5.74) is 7.92. The molecule has 2 rings (SSSR count). The van der Waals surface area contributed by atoms with E-state index in [4.69, 9.17) is 10.5 Å². The summed E-state index contributed by atoms with van der Waals surface area (Å²) in [4.78, 5) is 12.3. The maximum atomic E-state index is 12.3. The minimum atomic E-state index is -0.262. The number of ether oxygens (including phenoxy) is 1. The van der Waals surface area contributed by atoms with Crippen LogP contribution in [0.1, 0.15) is 31.4 Å². The van der Waals surface area contributed by atoms with Crippen molar-refractivity contribution in [3.8, 4) is 0 Å². The van der Waals surface area contributed by atoms with Gasteiger partial charge in [0.15, 0.2) is 5.78 Å². The summed E-state index contributed by atoms with van der Waals surface area (Å²) in [6.45, 7) is 2.59. The minimum absolute atomic E-state index is 0.103. The Balaban J connectivity index is 2.09. The van der Waals surface area contributed by atoms with Gasteiger partial charge in [0.25, 0.3) is 0 Å². The zero-order valence-corrected chi connectivity index (χ0v) is 10.6. The maximum Gasteiger partial charge on any atom is 0.166 e. The topological polar surface area (TPSA) is 52.3 Å². The number of benzene rings is 1. The number of nitrogens with two attached hydrogens (primary N) is 1. The fourth-order valence-electron chi connectivity index (χ4n) is 2.17. The van der Waals surface area contributed by atoms with Crippen molar-refractivity contribution in [2.75, 3.05) is 6.61 Å². The van der Waals surface area contributed by atoms with E-state index in [1.165, 1.54) is 0 Å². The number of carbonyl (C=O) groups is 1. The Morgan fingerprint density at radius 1 is 1.33 bits per heavy atom. The molecule has 0 bridgehead atoms. The molecule has 0 saturated carbocycles. The van der Waals surface area contributed by atoms with E-state index in [1.807, 2.05) is 37.3 Å². The van der Waals surface area contributed by atoms with Gasteiger partial charge in [0.2, 0.25) is 0 Å². The second kappa shape index (κ2) is 5.83. The number of allylic oxidation sites excluding steroid dienone is 1. The van der Waals surface area contributed by atoms with Gasteiger partial charge in [-0.2, -0.15) is 0 Å². The molecule has 1 aliphatic rings. The maximum absolute atomic E-state index is 12.3. The van der Waals surface area contributed by atoms with Crippen LogP contribution in [0.4, 0.5) is 0 Å². The lowest BCUT2D eigenvalue weighted by Gasteiger charge is -2.22. The minimum Gasteiger partial charge on any atom is -0.501 e. The molecule has 1 aromatic carbocycles. The normalized spacial score (nSPS) is 18.4. The monoisotopic (exact) mass is 245 g/mol. The number of Topliss-reactive ketones (excluding diaryl/α,β-unsaturated/α-hetero) is 1. The van der Waals surface area contributed by atoms with Crippen LogP contribution in [0.15, 0.2) is 42.2 Å². The summed E-state index contributed by atoms with van der Waals surface area (Å²) in [6.07, 6.45) is 3.30. The Morgan fingerprint density at radius 2 is 2.06 bits per heavy atom. The average Bonchev–Trinajstić information content (AvgIpc) is 2.47. The highest BCUT2D eigenvalue weighted by atomic mass is 16.5. The molecule has 2 atom stereocenters. The Bertz CT molecular complexity index is 439. The molecule has 18 heavy (non-hydrogen) atoms. The Kier molecular flexibility index (Phi) is 4.15. The highest BCUT2D eigenvalue weighted by Crippen LogP contribution is 2.25. The molecule has 1 aromatic rings. The summed E-state index contributed by atoms with van der Waals surface area (Å²) in [6, 6.07) is 9.48. The lowest BCUT2D eigenvalue weighted by molar-refractivity contribution is -0.119. The first kappa shape index (κ1) is 12.8. The molecule has 3 nitrogen and oxygen atoms in total. The zero-order chi connectivity index (χ0) is 13.0. The van der Waals surface area contributed by atoms with Crippen LogP contribution in [0.25, 0.3) is 0 Å². The SMILES string of the molecule is CC(C(=O)C1=COCCC1)C(N)c1ccccc1. The van der Waals surface area contributed by atoms with Crippen LogP contribution in [0.5, 0.6) is 0 Å². The van der Waals surface area contributed by atoms with Gasteiger partial charge in [0.1, 0.15) is 0 Å². The molecule has 0 saturated heterocycles. The second-order valence-electron chi connectivity index (χ2n) is 4.71. The first-order valence-corrected chi connectivity index (χ1v) is 6.35. The zero-order valence-electron chi connectivity index (χ0n) is 10.6. The van der Waals surface area contributed by atoms with Gasteiger partial charge in [-0.05, 0) is 18.4 Å². The largest absolute Gasteiger partial charge is 0.501 e. The van der Waals surface area contributed by atoms with Crippen LogP contribution >= 0.6 is 0 Å². The lowest BCUT2D eigenvalue weighted by atomic mass is 9.87. The average molecular weight is 245 g/mol. The van der Waals surface area contributed by atoms with Crippen molar-refractivity contribution in [1.29, 1.82) is 0 Å². The Morgan fingerprint density at radius 3 is 2.67 bits per heavy atom. The van der Waals surface area contributed by atoms with Crippen molar-refractivity contribution in [2.45, 2.75) is 25.8 Å². The molecule has 2 N–H and O–H groups in total. The predicted molar refractivity (Wildman–Crippen MR) is 70.8 cm³/mol. The molecule has 0 spiro atoms. The smallest absolute Gasteiger partial charge is 0.166 e. The van der Waals surface area contributed by atoms with E-state index in [0.29, 0.717) is 6.61 Å². The van der Waals surface area contributed by atoms with Crippen LogP contribution in [0.3, 0.4) is 0 Å². The van der Waals surface area contributed by atoms with Crippen LogP contribution in [0, 0.1) is 5.92 Å². The van der Waals surface area contributed by atoms with Crippen molar-refractivity contribution in [3.05, 3.63) is 47.7 Å². The summed E-state index contributed by atoms with van der Waals surface area (Å²) in [5, 5.41) is 0. The Labute approximate surface area is 108 Å². The molecule has 3 heteroatoms. The van der Waals surface area contributed by atoms with Gasteiger partial charge < -0.3 is 10.5 Å². The van der Waals surface area contributed by atoms with Crippen LogP contribution in [-0.2, 0) is 9.53 Å². The first-order valence-electron chi connectivity index (χ1n) is 6.35. The van der Waals surface area contributed by atoms with Crippen molar-refractivity contribution in [1.82, 2.24) is 0 Å². The number of carbonyl (C=O) groups excluding carboxylic acids is 1. The molecular weight excluding hydrogens is 226 g/mol. The molecule has 1 aliphatic heterocycles. The number of ketones is 1. The van der Waals surface area contributed by atoms with Crippen molar-refractivity contribution in [2.24, 2.45) is 11.7 Å². The third kappa shape index (κ3) is 2.79. The van der Waals surface area contributed by atoms with E-state index < -0.39 is 0 Å². The summed E-state index contributed by atoms with van der Waals surface area (Å²) < 4.78 is 5.22. The van der Waals surface area contributed by atoms with E-state index in [1.54, 1.807) is 6.26 Å². The predicted octanol–water partition coefficient (Wildman–Crippen LogP) is 2.59. The van der Waals surface area contributed by atoms with Gasteiger partial charge in [-0.25, -0.2) is 0 Å². The van der Waals surface area contributed by atoms with Gasteiger partial charge in [-0.3, -0.25) is 4.79 Å². The number of hydrogen-bond donors (Lipinski definition) is 1. The van der Waals surface area contributed by atoms with E-state index in [0.717, 1.165) is 24.0 Å². The Hall–Kier alpha value is -1.61. The lowest BCUT2D eigenvalue weighted by Crippen LogP contribution is -2.27. The van der Waals surface area contributed by atoms with Gasteiger partial charge in [0.05, 0.1) is 12.9 Å². The van der Waals surface area contributed by atoms with E-state index in [-0.39, 0.29) is 17.7 Å². The van der Waals surface area contributed by atoms with Gasteiger partial charge in [0, 0.05) is 17.5 Å². The molecular formula is C15H19NO2. The molecule has 0 aliphatic carbocycles. The summed E-state index contributed by atoms with van der Waals surface area (Å²) in [5.74, 6) is -0.119. The molecule has 0 radical (unpaired) electrons. The first-order chi connectivity index (χ1) is 8.70. The van der Waals surface area contributed by atoms with Crippen LogP contribution in [0.2, 0.25) is 0 Å². The van der Waals surface area contributed by atoms with Gasteiger partial charge in [-0.1, -0.05) is 37.3 Å². The quantitative estimate of drug-likeness (QED) is 0.887. The fourth-order valence-corrected chi connectivity index (χ4v) is 2.17. The van der Waals surface area contributed by atoms with Crippen LogP contribution < -0.4 is 5.73 Å². The second-order valence-corrected chi connectivity index (χ2v) is 4.71. The van der Waals surface area contributed by atoms with Crippen LogP contribution in [-0.4, -0.2) is 12.4 Å². The number of hydrogen-bond acceptors (Lipinski definition) is 3. The van der Waals surface area contributed by atoms with Gasteiger partial charge >= 0.3 is 0 Å². The number of rotatable bonds is 4. The van der Waals surface area contributed by atoms with Crippen molar-refractivity contribution < 1.29 is 9.53 Å². The summed E-state index contributed by atoms with van der Waals surface area (Å²) >= 11 is 0. The van der Waals surface area contributed by atoms with Crippen molar-refractivity contribution in [3.63, 3.8) is 0 Å². The molecule has 0 amide bonds. The molecule has 0 aromatic heterocycles.